The highest BCUT2D eigenvalue weighted by atomic mass is 35.5. The Morgan fingerprint density at radius 3 is 2.68 bits per heavy atom. The Labute approximate surface area is 165 Å². The van der Waals surface area contributed by atoms with Crippen molar-refractivity contribution in [3.05, 3.63) is 41.6 Å². The lowest BCUT2D eigenvalue weighted by molar-refractivity contribution is -0.114. The third-order valence-electron chi connectivity index (χ3n) is 5.44. The predicted molar refractivity (Wildman–Crippen MR) is 99.3 cm³/mol. The predicted octanol–water partition coefficient (Wildman–Crippen LogP) is 2.97. The summed E-state index contributed by atoms with van der Waals surface area (Å²) in [5.41, 5.74) is 2.17. The smallest absolute Gasteiger partial charge is 0.248 e. The first kappa shape index (κ1) is 19.2. The standard InChI is InChI=1S/C18H19F3N6.ClH/c19-14-2-1-3-15-16(14)17(12-6-22-7-12)24-27(15)10-13-9-26(25-23-13)8-11-4-18(20,21)5-11;/h1-3,9,11-12,22H,4-8,10H2;1H. The van der Waals surface area contributed by atoms with Crippen LogP contribution in [0.5, 0.6) is 0 Å². The summed E-state index contributed by atoms with van der Waals surface area (Å²) >= 11 is 0. The third kappa shape index (κ3) is 3.37. The fourth-order valence-corrected chi connectivity index (χ4v) is 3.94. The Morgan fingerprint density at radius 1 is 1.21 bits per heavy atom. The number of halogens is 4. The van der Waals surface area contributed by atoms with Crippen LogP contribution in [-0.2, 0) is 13.1 Å². The highest BCUT2D eigenvalue weighted by molar-refractivity contribution is 5.85. The van der Waals surface area contributed by atoms with Crippen molar-refractivity contribution >= 4 is 23.3 Å². The molecule has 0 atom stereocenters. The molecule has 1 aliphatic heterocycles. The number of nitrogens with zero attached hydrogens (tertiary/aromatic N) is 5. The highest BCUT2D eigenvalue weighted by Gasteiger charge is 2.45. The summed E-state index contributed by atoms with van der Waals surface area (Å²) in [6.07, 6.45) is 1.57. The summed E-state index contributed by atoms with van der Waals surface area (Å²) < 4.78 is 43.7. The second kappa shape index (κ2) is 7.04. The van der Waals surface area contributed by atoms with Crippen LogP contribution in [-0.4, -0.2) is 43.8 Å². The summed E-state index contributed by atoms with van der Waals surface area (Å²) in [7, 11) is 0. The summed E-state index contributed by atoms with van der Waals surface area (Å²) in [6, 6.07) is 4.97. The van der Waals surface area contributed by atoms with Crippen molar-refractivity contribution in [2.45, 2.75) is 37.8 Å². The largest absolute Gasteiger partial charge is 0.315 e. The van der Waals surface area contributed by atoms with Crippen molar-refractivity contribution in [2.75, 3.05) is 13.1 Å². The molecule has 1 N–H and O–H groups in total. The molecular formula is C18H20ClF3N6. The Morgan fingerprint density at radius 2 is 2.00 bits per heavy atom. The molecular weight excluding hydrogens is 393 g/mol. The van der Waals surface area contributed by atoms with Gasteiger partial charge in [0.05, 0.1) is 29.3 Å². The Kier molecular flexibility index (Phi) is 4.83. The molecule has 5 rings (SSSR count). The second-order valence-corrected chi connectivity index (χ2v) is 7.59. The number of rotatable bonds is 5. The zero-order chi connectivity index (χ0) is 18.6. The minimum atomic E-state index is -2.53. The zero-order valence-electron chi connectivity index (χ0n) is 15.0. The average Bonchev–Trinajstić information content (AvgIpc) is 3.11. The maximum atomic E-state index is 14.4. The lowest BCUT2D eigenvalue weighted by Gasteiger charge is -2.34. The quantitative estimate of drug-likeness (QED) is 0.700. The molecule has 1 saturated heterocycles. The van der Waals surface area contributed by atoms with E-state index in [4.69, 9.17) is 0 Å². The molecule has 0 unspecified atom stereocenters. The number of benzene rings is 1. The Balaban J connectivity index is 0.00000192. The Hall–Kier alpha value is -2.13. The van der Waals surface area contributed by atoms with Crippen LogP contribution >= 0.6 is 12.4 Å². The number of fused-ring (bicyclic) bond motifs is 1. The molecule has 2 fully saturated rings. The zero-order valence-corrected chi connectivity index (χ0v) is 15.8. The molecule has 150 valence electrons. The molecule has 3 heterocycles. The molecule has 1 aliphatic carbocycles. The lowest BCUT2D eigenvalue weighted by Crippen LogP contribution is -2.40. The Bertz CT molecular complexity index is 989. The summed E-state index contributed by atoms with van der Waals surface area (Å²) in [5, 5.41) is 16.6. The van der Waals surface area contributed by atoms with Gasteiger partial charge < -0.3 is 5.32 Å². The molecule has 10 heteroatoms. The van der Waals surface area contributed by atoms with Crippen LogP contribution < -0.4 is 5.32 Å². The SMILES string of the molecule is Cl.Fc1cccc2c1c(C1CNC1)nn2Cc1cn(CC2CC(F)(F)C2)nn1. The molecule has 0 spiro atoms. The normalized spacial score (nSPS) is 19.2. The molecule has 0 bridgehead atoms. The van der Waals surface area contributed by atoms with Crippen molar-refractivity contribution in [1.29, 1.82) is 0 Å². The molecule has 1 saturated carbocycles. The van der Waals surface area contributed by atoms with E-state index in [0.29, 0.717) is 24.2 Å². The van der Waals surface area contributed by atoms with Gasteiger partial charge in [-0.3, -0.25) is 9.36 Å². The topological polar surface area (TPSA) is 60.6 Å². The van der Waals surface area contributed by atoms with Crippen LogP contribution in [0.2, 0.25) is 0 Å². The number of hydrogen-bond acceptors (Lipinski definition) is 4. The van der Waals surface area contributed by atoms with Gasteiger partial charge in [-0.05, 0) is 18.1 Å². The maximum absolute atomic E-state index is 14.4. The first-order valence-electron chi connectivity index (χ1n) is 9.11. The molecule has 0 amide bonds. The van der Waals surface area contributed by atoms with Gasteiger partial charge in [0, 0.05) is 38.4 Å². The van der Waals surface area contributed by atoms with Gasteiger partial charge in [-0.15, -0.1) is 17.5 Å². The van der Waals surface area contributed by atoms with Crippen molar-refractivity contribution in [2.24, 2.45) is 5.92 Å². The number of hydrogen-bond donors (Lipinski definition) is 1. The fraction of sp³-hybridized carbons (Fsp3) is 0.500. The number of alkyl halides is 2. The van der Waals surface area contributed by atoms with E-state index in [1.165, 1.54) is 6.07 Å². The van der Waals surface area contributed by atoms with Gasteiger partial charge in [0.25, 0.3) is 0 Å². The maximum Gasteiger partial charge on any atom is 0.248 e. The second-order valence-electron chi connectivity index (χ2n) is 7.59. The van der Waals surface area contributed by atoms with Gasteiger partial charge in [-0.1, -0.05) is 11.3 Å². The van der Waals surface area contributed by atoms with Crippen molar-refractivity contribution < 1.29 is 13.2 Å². The van der Waals surface area contributed by atoms with Gasteiger partial charge in [-0.2, -0.15) is 5.10 Å². The van der Waals surface area contributed by atoms with Crippen LogP contribution in [0, 0.1) is 11.7 Å². The molecule has 28 heavy (non-hydrogen) atoms. The van der Waals surface area contributed by atoms with Crippen LogP contribution in [0.1, 0.15) is 30.1 Å². The monoisotopic (exact) mass is 412 g/mol. The van der Waals surface area contributed by atoms with E-state index < -0.39 is 5.92 Å². The number of nitrogens with one attached hydrogen (secondary N) is 1. The van der Waals surface area contributed by atoms with Crippen LogP contribution in [0.25, 0.3) is 10.9 Å². The minimum absolute atomic E-state index is 0. The fourth-order valence-electron chi connectivity index (χ4n) is 3.94. The van der Waals surface area contributed by atoms with E-state index >= 15 is 0 Å². The van der Waals surface area contributed by atoms with Crippen molar-refractivity contribution in [3.63, 3.8) is 0 Å². The summed E-state index contributed by atoms with van der Waals surface area (Å²) in [5.74, 6) is -2.65. The van der Waals surface area contributed by atoms with E-state index in [2.05, 4.69) is 20.7 Å². The minimum Gasteiger partial charge on any atom is -0.315 e. The van der Waals surface area contributed by atoms with Gasteiger partial charge in [0.2, 0.25) is 5.92 Å². The first-order chi connectivity index (χ1) is 13.0. The van der Waals surface area contributed by atoms with E-state index in [-0.39, 0.29) is 42.9 Å². The van der Waals surface area contributed by atoms with Crippen LogP contribution in [0.15, 0.2) is 24.4 Å². The van der Waals surface area contributed by atoms with E-state index in [1.54, 1.807) is 21.6 Å². The average molecular weight is 413 g/mol. The van der Waals surface area contributed by atoms with Crippen molar-refractivity contribution in [1.82, 2.24) is 30.1 Å². The lowest BCUT2D eigenvalue weighted by atomic mass is 9.81. The van der Waals surface area contributed by atoms with E-state index in [1.807, 2.05) is 6.07 Å². The molecule has 0 radical (unpaired) electrons. The number of aromatic nitrogens is 5. The van der Waals surface area contributed by atoms with Gasteiger partial charge in [0.1, 0.15) is 11.5 Å². The van der Waals surface area contributed by atoms with Gasteiger partial charge in [-0.25, -0.2) is 13.2 Å². The van der Waals surface area contributed by atoms with E-state index in [9.17, 15) is 13.2 Å². The molecule has 2 aliphatic rings. The molecule has 1 aromatic carbocycles. The molecule has 6 nitrogen and oxygen atoms in total. The summed E-state index contributed by atoms with van der Waals surface area (Å²) in [6.45, 7) is 2.39. The highest BCUT2D eigenvalue weighted by Crippen LogP contribution is 2.43. The van der Waals surface area contributed by atoms with E-state index in [0.717, 1.165) is 24.3 Å². The molecule has 2 aromatic heterocycles. The molecule has 3 aromatic rings. The summed E-state index contributed by atoms with van der Waals surface area (Å²) in [4.78, 5) is 0. The van der Waals surface area contributed by atoms with Gasteiger partial charge in [0.15, 0.2) is 0 Å². The van der Waals surface area contributed by atoms with Crippen LogP contribution in [0.3, 0.4) is 0 Å². The van der Waals surface area contributed by atoms with Gasteiger partial charge >= 0.3 is 0 Å². The first-order valence-corrected chi connectivity index (χ1v) is 9.11. The third-order valence-corrected chi connectivity index (χ3v) is 5.44. The van der Waals surface area contributed by atoms with Crippen molar-refractivity contribution in [3.8, 4) is 0 Å². The van der Waals surface area contributed by atoms with Crippen LogP contribution in [0.4, 0.5) is 13.2 Å².